The molecule has 9 heteroatoms. The van der Waals surface area contributed by atoms with Gasteiger partial charge in [-0.25, -0.2) is 4.79 Å². The zero-order valence-electron chi connectivity index (χ0n) is 12.3. The first-order valence-corrected chi connectivity index (χ1v) is 9.84. The van der Waals surface area contributed by atoms with Crippen LogP contribution in [0.4, 0.5) is 10.5 Å². The molecule has 2 N–H and O–H groups in total. The highest BCUT2D eigenvalue weighted by molar-refractivity contribution is 14.1. The highest BCUT2D eigenvalue weighted by Gasteiger charge is 2.16. The van der Waals surface area contributed by atoms with Gasteiger partial charge in [-0.3, -0.25) is 0 Å². The zero-order valence-corrected chi connectivity index (χ0v) is 16.1. The van der Waals surface area contributed by atoms with Crippen LogP contribution in [-0.4, -0.2) is 26.9 Å². The fourth-order valence-corrected chi connectivity index (χ4v) is 3.09. The number of carbonyl (C=O) groups excluding carboxylic acids is 1. The van der Waals surface area contributed by atoms with Crippen molar-refractivity contribution in [2.75, 3.05) is 17.7 Å². The molecule has 2 amide bonds. The first kappa shape index (κ1) is 18.8. The molecule has 2 aromatic carbocycles. The van der Waals surface area contributed by atoms with Crippen molar-refractivity contribution in [3.8, 4) is 5.75 Å². The third-order valence-electron chi connectivity index (χ3n) is 2.80. The highest BCUT2D eigenvalue weighted by atomic mass is 127. The van der Waals surface area contributed by atoms with Crippen LogP contribution in [0.15, 0.2) is 53.4 Å². The number of anilines is 1. The molecule has 6 nitrogen and oxygen atoms in total. The van der Waals surface area contributed by atoms with E-state index < -0.39 is 16.1 Å². The average molecular weight is 481 g/mol. The summed E-state index contributed by atoms with van der Waals surface area (Å²) >= 11 is 7.59. The zero-order chi connectivity index (χ0) is 17.6. The summed E-state index contributed by atoms with van der Waals surface area (Å²) in [6.07, 6.45) is 0. The molecule has 0 saturated carbocycles. The normalized spacial score (nSPS) is 10.9. The first-order chi connectivity index (χ1) is 11.4. The molecule has 0 aromatic heterocycles. The smallest absolute Gasteiger partial charge is 0.339 e. The molecule has 0 atom stereocenters. The van der Waals surface area contributed by atoms with Gasteiger partial charge in [-0.2, -0.15) is 8.42 Å². The van der Waals surface area contributed by atoms with E-state index in [1.165, 1.54) is 24.3 Å². The van der Waals surface area contributed by atoms with E-state index in [9.17, 15) is 13.2 Å². The van der Waals surface area contributed by atoms with E-state index in [1.807, 2.05) is 0 Å². The van der Waals surface area contributed by atoms with Gasteiger partial charge in [0.2, 0.25) is 0 Å². The third-order valence-corrected chi connectivity index (χ3v) is 4.97. The molecule has 0 bridgehead atoms. The topological polar surface area (TPSA) is 84.5 Å². The van der Waals surface area contributed by atoms with Gasteiger partial charge in [0.05, 0.1) is 0 Å². The second-order valence-corrected chi connectivity index (χ2v) is 7.76. The lowest BCUT2D eigenvalue weighted by atomic mass is 10.3. The Morgan fingerprint density at radius 3 is 2.29 bits per heavy atom. The van der Waals surface area contributed by atoms with Gasteiger partial charge in [-0.1, -0.05) is 0 Å². The Balaban J connectivity index is 2.05. The maximum Gasteiger partial charge on any atom is 0.339 e. The molecular formula is C15H14ClIN2O4S. The minimum absolute atomic E-state index is 0.00670. The second-order valence-electron chi connectivity index (χ2n) is 4.59. The van der Waals surface area contributed by atoms with Crippen LogP contribution >= 0.6 is 34.2 Å². The molecule has 0 aliphatic carbocycles. The summed E-state index contributed by atoms with van der Waals surface area (Å²) in [5.74, 6) is 0.540. The lowest BCUT2D eigenvalue weighted by Gasteiger charge is -2.09. The van der Waals surface area contributed by atoms with E-state index in [1.54, 1.807) is 24.3 Å². The van der Waals surface area contributed by atoms with Crippen molar-refractivity contribution in [3.05, 3.63) is 52.1 Å². The minimum Gasteiger partial charge on any atom is -0.379 e. The molecule has 0 fully saturated rings. The quantitative estimate of drug-likeness (QED) is 0.377. The van der Waals surface area contributed by atoms with Crippen LogP contribution in [0.5, 0.6) is 5.75 Å². The highest BCUT2D eigenvalue weighted by Crippen LogP contribution is 2.21. The molecule has 0 aliphatic heterocycles. The van der Waals surface area contributed by atoms with Gasteiger partial charge in [-0.05, 0) is 71.1 Å². The van der Waals surface area contributed by atoms with Crippen molar-refractivity contribution in [2.45, 2.75) is 4.90 Å². The number of urea groups is 1. The van der Waals surface area contributed by atoms with Gasteiger partial charge >= 0.3 is 16.1 Å². The Hall–Kier alpha value is -1.52. The Morgan fingerprint density at radius 1 is 1.08 bits per heavy atom. The summed E-state index contributed by atoms with van der Waals surface area (Å²) in [7, 11) is -3.93. The van der Waals surface area contributed by atoms with Crippen molar-refractivity contribution in [3.63, 3.8) is 0 Å². The third kappa shape index (κ3) is 5.53. The van der Waals surface area contributed by atoms with E-state index in [0.29, 0.717) is 18.1 Å². The largest absolute Gasteiger partial charge is 0.379 e. The number of amides is 2. The van der Waals surface area contributed by atoms with Gasteiger partial charge in [0, 0.05) is 21.7 Å². The first-order valence-electron chi connectivity index (χ1n) is 6.81. The van der Waals surface area contributed by atoms with Crippen LogP contribution < -0.4 is 14.8 Å². The van der Waals surface area contributed by atoms with Gasteiger partial charge in [0.15, 0.2) is 0 Å². The summed E-state index contributed by atoms with van der Waals surface area (Å²) < 4.78 is 30.5. The number of nitrogens with one attached hydrogen (secondary N) is 2. The summed E-state index contributed by atoms with van der Waals surface area (Å²) in [4.78, 5) is 11.5. The van der Waals surface area contributed by atoms with Gasteiger partial charge < -0.3 is 14.8 Å². The van der Waals surface area contributed by atoms with Crippen molar-refractivity contribution in [2.24, 2.45) is 0 Å². The standard InChI is InChI=1S/C15H14ClIN2O4S/c16-9-10-18-15(20)19-12-3-7-14(8-4-12)24(21,22)23-13-5-1-11(17)2-6-13/h1-8H,9-10H2,(H2,18,19,20). The predicted octanol–water partition coefficient (Wildman–Crippen LogP) is 3.42. The summed E-state index contributed by atoms with van der Waals surface area (Å²) in [5.41, 5.74) is 0.454. The lowest BCUT2D eigenvalue weighted by Crippen LogP contribution is -2.30. The van der Waals surface area contributed by atoms with Gasteiger partial charge in [-0.15, -0.1) is 11.6 Å². The van der Waals surface area contributed by atoms with E-state index in [2.05, 4.69) is 33.2 Å². The Morgan fingerprint density at radius 2 is 1.71 bits per heavy atom. The number of hydrogen-bond donors (Lipinski definition) is 2. The number of rotatable bonds is 6. The van der Waals surface area contributed by atoms with Gasteiger partial charge in [0.25, 0.3) is 0 Å². The maximum atomic E-state index is 12.2. The molecular weight excluding hydrogens is 467 g/mol. The maximum absolute atomic E-state index is 12.2. The van der Waals surface area contributed by atoms with Crippen molar-refractivity contribution in [1.82, 2.24) is 5.32 Å². The molecule has 0 aliphatic rings. The number of halogens is 2. The fraction of sp³-hybridized carbons (Fsp3) is 0.133. The van der Waals surface area contributed by atoms with Gasteiger partial charge in [0.1, 0.15) is 10.6 Å². The van der Waals surface area contributed by atoms with Crippen LogP contribution in [0.2, 0.25) is 0 Å². The number of alkyl halides is 1. The molecule has 2 aromatic rings. The molecule has 0 radical (unpaired) electrons. The van der Waals surface area contributed by atoms with Crippen LogP contribution in [0.25, 0.3) is 0 Å². The molecule has 2 rings (SSSR count). The summed E-state index contributed by atoms with van der Waals surface area (Å²) in [6.45, 7) is 0.337. The van der Waals surface area contributed by atoms with E-state index in [4.69, 9.17) is 15.8 Å². The number of benzene rings is 2. The summed E-state index contributed by atoms with van der Waals surface area (Å²) in [6, 6.07) is 11.9. The van der Waals surface area contributed by atoms with E-state index in [0.717, 1.165) is 3.57 Å². The van der Waals surface area contributed by atoms with E-state index in [-0.39, 0.29) is 10.6 Å². The monoisotopic (exact) mass is 480 g/mol. The SMILES string of the molecule is O=C(NCCCl)Nc1ccc(S(=O)(=O)Oc2ccc(I)cc2)cc1. The molecule has 0 heterocycles. The Bertz CT molecular complexity index is 795. The van der Waals surface area contributed by atoms with Crippen LogP contribution in [0.1, 0.15) is 0 Å². The second kappa shape index (κ2) is 8.54. The Kier molecular flexibility index (Phi) is 6.69. The predicted molar refractivity (Wildman–Crippen MR) is 101 cm³/mol. The molecule has 0 spiro atoms. The van der Waals surface area contributed by atoms with Crippen LogP contribution in [0, 0.1) is 3.57 Å². The van der Waals surface area contributed by atoms with Crippen molar-refractivity contribution >= 4 is 56.0 Å². The van der Waals surface area contributed by atoms with Crippen LogP contribution in [0.3, 0.4) is 0 Å². The Labute approximate surface area is 158 Å². The summed E-state index contributed by atoms with van der Waals surface area (Å²) in [5, 5.41) is 5.10. The van der Waals surface area contributed by atoms with Crippen molar-refractivity contribution in [1.29, 1.82) is 0 Å². The molecule has 128 valence electrons. The van der Waals surface area contributed by atoms with Crippen molar-refractivity contribution < 1.29 is 17.4 Å². The van der Waals surface area contributed by atoms with Crippen LogP contribution in [-0.2, 0) is 10.1 Å². The number of carbonyl (C=O) groups is 1. The molecule has 24 heavy (non-hydrogen) atoms. The minimum atomic E-state index is -3.93. The lowest BCUT2D eigenvalue weighted by molar-refractivity contribution is 0.252. The average Bonchev–Trinajstić information content (AvgIpc) is 2.55. The molecule has 0 unspecified atom stereocenters. The fourth-order valence-electron chi connectivity index (χ4n) is 1.71. The molecule has 0 saturated heterocycles. The van der Waals surface area contributed by atoms with E-state index >= 15 is 0 Å². The number of hydrogen-bond acceptors (Lipinski definition) is 4.